The van der Waals surface area contributed by atoms with Crippen LogP contribution in [0.1, 0.15) is 38.3 Å². The maximum absolute atomic E-state index is 9.53. The van der Waals surface area contributed by atoms with Gasteiger partial charge in [-0.2, -0.15) is 0 Å². The zero-order valence-electron chi connectivity index (χ0n) is 10.0. The second-order valence-corrected chi connectivity index (χ2v) is 4.68. The van der Waals surface area contributed by atoms with Gasteiger partial charge in [0, 0.05) is 0 Å². The third kappa shape index (κ3) is 4.48. The number of aliphatic hydroxyl groups is 1. The first-order valence-electron chi connectivity index (χ1n) is 5.87. The van der Waals surface area contributed by atoms with Gasteiger partial charge >= 0.3 is 0 Å². The number of aliphatic hydroxyl groups excluding tert-OH is 1. The van der Waals surface area contributed by atoms with Gasteiger partial charge in [-0.05, 0) is 36.3 Å². The molecule has 15 heavy (non-hydrogen) atoms. The Morgan fingerprint density at radius 1 is 1.00 bits per heavy atom. The van der Waals surface area contributed by atoms with Crippen LogP contribution in [0.2, 0.25) is 0 Å². The molecule has 0 aliphatic rings. The molecular formula is C14H22O. The minimum atomic E-state index is -0.194. The van der Waals surface area contributed by atoms with Crippen LogP contribution in [-0.4, -0.2) is 11.2 Å². The molecule has 0 bridgehead atoms. The van der Waals surface area contributed by atoms with Crippen LogP contribution >= 0.6 is 0 Å². The van der Waals surface area contributed by atoms with Crippen LogP contribution in [0.3, 0.4) is 0 Å². The standard InChI is InChI=1S/C14H22O/c1-4-14(15)10-13-7-5-12(6-8-13)9-11(2)3/h5-8,11,14-15H,4,9-10H2,1-3H3. The molecule has 0 saturated heterocycles. The van der Waals surface area contributed by atoms with Crippen molar-refractivity contribution in [1.29, 1.82) is 0 Å². The average Bonchev–Trinajstić information content (AvgIpc) is 2.20. The van der Waals surface area contributed by atoms with Crippen molar-refractivity contribution in [2.75, 3.05) is 0 Å². The van der Waals surface area contributed by atoms with Crippen molar-refractivity contribution in [2.45, 2.75) is 46.1 Å². The van der Waals surface area contributed by atoms with E-state index >= 15 is 0 Å². The first kappa shape index (κ1) is 12.3. The summed E-state index contributed by atoms with van der Waals surface area (Å²) in [6, 6.07) is 8.63. The van der Waals surface area contributed by atoms with Crippen LogP contribution in [0, 0.1) is 5.92 Å². The number of hydrogen-bond donors (Lipinski definition) is 1. The molecule has 1 heteroatoms. The largest absolute Gasteiger partial charge is 0.393 e. The fraction of sp³-hybridized carbons (Fsp3) is 0.571. The second-order valence-electron chi connectivity index (χ2n) is 4.68. The smallest absolute Gasteiger partial charge is 0.0577 e. The molecule has 0 amide bonds. The van der Waals surface area contributed by atoms with Gasteiger partial charge in [-0.15, -0.1) is 0 Å². The van der Waals surface area contributed by atoms with Crippen LogP contribution in [0.25, 0.3) is 0 Å². The monoisotopic (exact) mass is 206 g/mol. The number of benzene rings is 1. The normalized spacial score (nSPS) is 13.1. The van der Waals surface area contributed by atoms with E-state index in [1.807, 2.05) is 6.92 Å². The molecule has 1 aromatic carbocycles. The lowest BCUT2D eigenvalue weighted by atomic mass is 9.99. The van der Waals surface area contributed by atoms with Gasteiger partial charge in [0.2, 0.25) is 0 Å². The van der Waals surface area contributed by atoms with Crippen LogP contribution < -0.4 is 0 Å². The fourth-order valence-corrected chi connectivity index (χ4v) is 1.70. The third-order valence-electron chi connectivity index (χ3n) is 2.61. The zero-order chi connectivity index (χ0) is 11.3. The van der Waals surface area contributed by atoms with Crippen molar-refractivity contribution in [3.63, 3.8) is 0 Å². The lowest BCUT2D eigenvalue weighted by molar-refractivity contribution is 0.171. The molecule has 0 spiro atoms. The molecule has 1 atom stereocenters. The Labute approximate surface area is 93.1 Å². The van der Waals surface area contributed by atoms with Crippen LogP contribution in [0.5, 0.6) is 0 Å². The van der Waals surface area contributed by atoms with Gasteiger partial charge in [0.15, 0.2) is 0 Å². The molecule has 1 N–H and O–H groups in total. The van der Waals surface area contributed by atoms with Crippen molar-refractivity contribution < 1.29 is 5.11 Å². The van der Waals surface area contributed by atoms with Gasteiger partial charge < -0.3 is 5.11 Å². The van der Waals surface area contributed by atoms with Gasteiger partial charge in [-0.3, -0.25) is 0 Å². The van der Waals surface area contributed by atoms with E-state index in [0.717, 1.165) is 19.3 Å². The molecule has 1 unspecified atom stereocenters. The molecular weight excluding hydrogens is 184 g/mol. The molecule has 1 nitrogen and oxygen atoms in total. The summed E-state index contributed by atoms with van der Waals surface area (Å²) in [5.74, 6) is 0.706. The van der Waals surface area contributed by atoms with Gasteiger partial charge in [0.05, 0.1) is 6.10 Å². The van der Waals surface area contributed by atoms with E-state index in [-0.39, 0.29) is 6.10 Å². The van der Waals surface area contributed by atoms with Crippen LogP contribution in [0.4, 0.5) is 0 Å². The molecule has 0 aromatic heterocycles. The predicted octanol–water partition coefficient (Wildman–Crippen LogP) is 3.20. The quantitative estimate of drug-likeness (QED) is 0.784. The van der Waals surface area contributed by atoms with Crippen molar-refractivity contribution in [2.24, 2.45) is 5.92 Å². The Balaban J connectivity index is 2.56. The minimum Gasteiger partial charge on any atom is -0.393 e. The number of hydrogen-bond acceptors (Lipinski definition) is 1. The summed E-state index contributed by atoms with van der Waals surface area (Å²) in [6.07, 6.45) is 2.55. The highest BCUT2D eigenvalue weighted by Gasteiger charge is 2.03. The highest BCUT2D eigenvalue weighted by Crippen LogP contribution is 2.11. The highest BCUT2D eigenvalue weighted by atomic mass is 16.3. The van der Waals surface area contributed by atoms with E-state index in [1.54, 1.807) is 0 Å². The highest BCUT2D eigenvalue weighted by molar-refractivity contribution is 5.23. The van der Waals surface area contributed by atoms with Crippen molar-refractivity contribution in [1.82, 2.24) is 0 Å². The summed E-state index contributed by atoms with van der Waals surface area (Å²) in [5.41, 5.74) is 2.62. The average molecular weight is 206 g/mol. The predicted molar refractivity (Wildman–Crippen MR) is 65.0 cm³/mol. The van der Waals surface area contributed by atoms with Crippen molar-refractivity contribution in [3.05, 3.63) is 35.4 Å². The topological polar surface area (TPSA) is 20.2 Å². The molecule has 1 rings (SSSR count). The zero-order valence-corrected chi connectivity index (χ0v) is 10.0. The Morgan fingerprint density at radius 2 is 1.47 bits per heavy atom. The summed E-state index contributed by atoms with van der Waals surface area (Å²) in [4.78, 5) is 0. The summed E-state index contributed by atoms with van der Waals surface area (Å²) >= 11 is 0. The number of rotatable bonds is 5. The van der Waals surface area contributed by atoms with Gasteiger partial charge in [-0.1, -0.05) is 45.0 Å². The molecule has 0 aliphatic carbocycles. The van der Waals surface area contributed by atoms with Crippen LogP contribution in [0.15, 0.2) is 24.3 Å². The molecule has 0 saturated carbocycles. The van der Waals surface area contributed by atoms with E-state index in [4.69, 9.17) is 0 Å². The molecule has 0 fully saturated rings. The minimum absolute atomic E-state index is 0.194. The van der Waals surface area contributed by atoms with Gasteiger partial charge in [-0.25, -0.2) is 0 Å². The molecule has 0 aliphatic heterocycles. The van der Waals surface area contributed by atoms with Crippen molar-refractivity contribution in [3.8, 4) is 0 Å². The summed E-state index contributed by atoms with van der Waals surface area (Å²) < 4.78 is 0. The van der Waals surface area contributed by atoms with E-state index in [9.17, 15) is 5.11 Å². The Kier molecular flexibility index (Phi) is 4.83. The van der Waals surface area contributed by atoms with E-state index < -0.39 is 0 Å². The molecule has 0 heterocycles. The third-order valence-corrected chi connectivity index (χ3v) is 2.61. The molecule has 84 valence electrons. The second kappa shape index (κ2) is 5.92. The van der Waals surface area contributed by atoms with E-state index in [1.165, 1.54) is 11.1 Å². The maximum atomic E-state index is 9.53. The Hall–Kier alpha value is -0.820. The maximum Gasteiger partial charge on any atom is 0.0577 e. The Bertz CT molecular complexity index is 274. The summed E-state index contributed by atoms with van der Waals surface area (Å²) in [5, 5.41) is 9.53. The van der Waals surface area contributed by atoms with Crippen LogP contribution in [-0.2, 0) is 12.8 Å². The first-order valence-corrected chi connectivity index (χ1v) is 5.87. The first-order chi connectivity index (χ1) is 7.11. The molecule has 1 aromatic rings. The lowest BCUT2D eigenvalue weighted by Crippen LogP contribution is -2.08. The lowest BCUT2D eigenvalue weighted by Gasteiger charge is -2.09. The summed E-state index contributed by atoms with van der Waals surface area (Å²) in [7, 11) is 0. The van der Waals surface area contributed by atoms with E-state index in [2.05, 4.69) is 38.1 Å². The summed E-state index contributed by atoms with van der Waals surface area (Å²) in [6.45, 7) is 6.47. The molecule has 0 radical (unpaired) electrons. The van der Waals surface area contributed by atoms with Crippen molar-refractivity contribution >= 4 is 0 Å². The van der Waals surface area contributed by atoms with Gasteiger partial charge in [0.25, 0.3) is 0 Å². The van der Waals surface area contributed by atoms with Gasteiger partial charge in [0.1, 0.15) is 0 Å². The Morgan fingerprint density at radius 3 is 1.87 bits per heavy atom. The SMILES string of the molecule is CCC(O)Cc1ccc(CC(C)C)cc1. The fourth-order valence-electron chi connectivity index (χ4n) is 1.70. The van der Waals surface area contributed by atoms with E-state index in [0.29, 0.717) is 5.92 Å².